The summed E-state index contributed by atoms with van der Waals surface area (Å²) in [7, 11) is 0. The van der Waals surface area contributed by atoms with E-state index in [1.165, 1.54) is 12.8 Å². The Labute approximate surface area is 69.3 Å². The van der Waals surface area contributed by atoms with E-state index in [1.807, 2.05) is 23.0 Å². The van der Waals surface area contributed by atoms with Crippen LogP contribution in [0.3, 0.4) is 0 Å². The van der Waals surface area contributed by atoms with Gasteiger partial charge in [-0.2, -0.15) is 0 Å². The van der Waals surface area contributed by atoms with Gasteiger partial charge in [0.25, 0.3) is 0 Å². The molecule has 0 aromatic heterocycles. The van der Waals surface area contributed by atoms with Crippen LogP contribution in [0.15, 0.2) is 0 Å². The van der Waals surface area contributed by atoms with Crippen LogP contribution in [-0.4, -0.2) is 6.61 Å². The first-order valence-electron chi connectivity index (χ1n) is 2.15. The number of halogens is 2. The first-order valence-corrected chi connectivity index (χ1v) is 3.03. The van der Waals surface area contributed by atoms with Crippen molar-refractivity contribution in [3.63, 3.8) is 0 Å². The largest absolute Gasteiger partial charge is 0.316 e. The number of hydrogen-bond acceptors (Lipinski definition) is 1. The summed E-state index contributed by atoms with van der Waals surface area (Å²) in [5.74, 6) is 0. The van der Waals surface area contributed by atoms with Crippen LogP contribution >= 0.6 is 40.0 Å². The van der Waals surface area contributed by atoms with Gasteiger partial charge >= 0.3 is 0 Å². The fourth-order valence-electron chi connectivity index (χ4n) is 0.199. The van der Waals surface area contributed by atoms with Crippen LogP contribution in [0.25, 0.3) is 0 Å². The Bertz CT molecular complexity index is 23.7. The average molecular weight is 281 g/mol. The van der Waals surface area contributed by atoms with E-state index in [9.17, 15) is 0 Å². The van der Waals surface area contributed by atoms with Crippen LogP contribution in [0, 0.1) is 0 Å². The summed E-state index contributed by atoms with van der Waals surface area (Å²) < 4.78 is 4.75. The standard InChI is InChI=1S/C4H9IO.BrH/c1-2-3-4-6-5;/h2-4H2,1H3;1H. The molecule has 0 rings (SSSR count). The second-order valence-electron chi connectivity index (χ2n) is 1.17. The minimum Gasteiger partial charge on any atom is -0.316 e. The van der Waals surface area contributed by atoms with Crippen molar-refractivity contribution in [1.82, 2.24) is 0 Å². The predicted octanol–water partition coefficient (Wildman–Crippen LogP) is 2.73. The summed E-state index contributed by atoms with van der Waals surface area (Å²) in [5.41, 5.74) is 0. The molecule has 0 aliphatic carbocycles. The Morgan fingerprint density at radius 2 is 2.14 bits per heavy atom. The van der Waals surface area contributed by atoms with Gasteiger partial charge in [0.15, 0.2) is 0 Å². The summed E-state index contributed by atoms with van der Waals surface area (Å²) >= 11 is 1.91. The fraction of sp³-hybridized carbons (Fsp3) is 1.00. The van der Waals surface area contributed by atoms with Gasteiger partial charge in [-0.15, -0.1) is 17.0 Å². The van der Waals surface area contributed by atoms with Gasteiger partial charge in [-0.25, -0.2) is 0 Å². The van der Waals surface area contributed by atoms with Crippen molar-refractivity contribution in [2.45, 2.75) is 19.8 Å². The number of rotatable bonds is 3. The molecule has 0 amide bonds. The number of unbranched alkanes of at least 4 members (excludes halogenated alkanes) is 1. The molecule has 0 fully saturated rings. The topological polar surface area (TPSA) is 9.23 Å². The Kier molecular flexibility index (Phi) is 16.1. The first-order chi connectivity index (χ1) is 2.91. The molecule has 0 spiro atoms. The third-order valence-corrected chi connectivity index (χ3v) is 1.02. The highest BCUT2D eigenvalue weighted by molar-refractivity contribution is 14.1. The predicted molar refractivity (Wildman–Crippen MR) is 45.2 cm³/mol. The highest BCUT2D eigenvalue weighted by atomic mass is 127. The summed E-state index contributed by atoms with van der Waals surface area (Å²) in [6, 6.07) is 0. The van der Waals surface area contributed by atoms with Crippen molar-refractivity contribution >= 4 is 40.0 Å². The molecule has 0 aromatic rings. The summed E-state index contributed by atoms with van der Waals surface area (Å²) in [6.07, 6.45) is 2.41. The van der Waals surface area contributed by atoms with E-state index in [-0.39, 0.29) is 17.0 Å². The van der Waals surface area contributed by atoms with Crippen molar-refractivity contribution in [2.24, 2.45) is 0 Å². The van der Waals surface area contributed by atoms with Gasteiger partial charge in [0.2, 0.25) is 0 Å². The molecule has 0 N–H and O–H groups in total. The van der Waals surface area contributed by atoms with Crippen LogP contribution in [0.4, 0.5) is 0 Å². The van der Waals surface area contributed by atoms with Gasteiger partial charge in [-0.3, -0.25) is 0 Å². The molecule has 0 aromatic carbocycles. The number of hydrogen-bond donors (Lipinski definition) is 0. The second-order valence-corrected chi connectivity index (χ2v) is 1.79. The van der Waals surface area contributed by atoms with Crippen molar-refractivity contribution in [3.05, 3.63) is 0 Å². The van der Waals surface area contributed by atoms with E-state index in [2.05, 4.69) is 6.92 Å². The quantitative estimate of drug-likeness (QED) is 0.571. The van der Waals surface area contributed by atoms with E-state index in [1.54, 1.807) is 0 Å². The molecule has 0 aliphatic rings. The molecule has 3 heteroatoms. The lowest BCUT2D eigenvalue weighted by Gasteiger charge is -1.86. The Morgan fingerprint density at radius 1 is 1.57 bits per heavy atom. The van der Waals surface area contributed by atoms with Crippen LogP contribution in [0.5, 0.6) is 0 Å². The average Bonchev–Trinajstić information content (AvgIpc) is 1.61. The molecule has 0 saturated heterocycles. The Hall–Kier alpha value is 1.17. The second kappa shape index (κ2) is 10.2. The van der Waals surface area contributed by atoms with Gasteiger partial charge in [-0.1, -0.05) is 13.3 Å². The summed E-state index contributed by atoms with van der Waals surface area (Å²) in [4.78, 5) is 0. The van der Waals surface area contributed by atoms with Crippen LogP contribution < -0.4 is 0 Å². The van der Waals surface area contributed by atoms with Crippen LogP contribution in [-0.2, 0) is 3.07 Å². The van der Waals surface area contributed by atoms with E-state index < -0.39 is 0 Å². The lowest BCUT2D eigenvalue weighted by Crippen LogP contribution is -1.78. The third-order valence-electron chi connectivity index (χ3n) is 0.575. The highest BCUT2D eigenvalue weighted by Gasteiger charge is 1.76. The maximum Gasteiger partial charge on any atom is 0.109 e. The molecule has 46 valence electrons. The van der Waals surface area contributed by atoms with Crippen molar-refractivity contribution in [2.75, 3.05) is 6.61 Å². The van der Waals surface area contributed by atoms with Crippen LogP contribution in [0.1, 0.15) is 19.8 Å². The Morgan fingerprint density at radius 3 is 2.29 bits per heavy atom. The molecule has 0 unspecified atom stereocenters. The molecule has 0 heterocycles. The SMILES string of the molecule is Br.CCCCOI. The summed E-state index contributed by atoms with van der Waals surface area (Å²) in [6.45, 7) is 3.05. The van der Waals surface area contributed by atoms with Gasteiger partial charge < -0.3 is 3.07 Å². The molecule has 0 radical (unpaired) electrons. The molecule has 0 saturated carbocycles. The molecule has 0 atom stereocenters. The van der Waals surface area contributed by atoms with Crippen molar-refractivity contribution in [1.29, 1.82) is 0 Å². The normalized spacial score (nSPS) is 7.71. The van der Waals surface area contributed by atoms with Gasteiger partial charge in [-0.05, 0) is 6.42 Å². The molecular weight excluding hydrogens is 271 g/mol. The monoisotopic (exact) mass is 280 g/mol. The van der Waals surface area contributed by atoms with E-state index in [0.717, 1.165) is 6.61 Å². The molecule has 7 heavy (non-hydrogen) atoms. The van der Waals surface area contributed by atoms with Crippen LogP contribution in [0.2, 0.25) is 0 Å². The molecular formula is C4H10BrIO. The van der Waals surface area contributed by atoms with Gasteiger partial charge in [0.05, 0.1) is 6.61 Å². The zero-order chi connectivity index (χ0) is 4.83. The minimum absolute atomic E-state index is 0. The zero-order valence-corrected chi connectivity index (χ0v) is 8.19. The minimum atomic E-state index is 0. The fourth-order valence-corrected chi connectivity index (χ4v) is 0.510. The van der Waals surface area contributed by atoms with Crippen molar-refractivity contribution in [3.8, 4) is 0 Å². The maximum absolute atomic E-state index is 4.75. The molecule has 0 bridgehead atoms. The van der Waals surface area contributed by atoms with Gasteiger partial charge in [0.1, 0.15) is 23.0 Å². The summed E-state index contributed by atoms with van der Waals surface area (Å²) in [5, 5.41) is 0. The van der Waals surface area contributed by atoms with Crippen molar-refractivity contribution < 1.29 is 3.07 Å². The van der Waals surface area contributed by atoms with Gasteiger partial charge in [0, 0.05) is 0 Å². The van der Waals surface area contributed by atoms with E-state index >= 15 is 0 Å². The third kappa shape index (κ3) is 11.0. The first kappa shape index (κ1) is 11.0. The maximum atomic E-state index is 4.75. The zero-order valence-electron chi connectivity index (χ0n) is 4.32. The highest BCUT2D eigenvalue weighted by Crippen LogP contribution is 1.90. The van der Waals surface area contributed by atoms with E-state index in [0.29, 0.717) is 0 Å². The Balaban J connectivity index is 0. The smallest absolute Gasteiger partial charge is 0.109 e. The molecule has 1 nitrogen and oxygen atoms in total. The lowest BCUT2D eigenvalue weighted by atomic mass is 10.4. The van der Waals surface area contributed by atoms with E-state index in [4.69, 9.17) is 3.07 Å². The lowest BCUT2D eigenvalue weighted by molar-refractivity contribution is 0.411. The molecule has 0 aliphatic heterocycles.